The Hall–Kier alpha value is 0.240. The fraction of sp³-hybridized carbons (Fsp3) is 0.143. The van der Waals surface area contributed by atoms with Gasteiger partial charge in [-0.05, 0) is 17.7 Å². The van der Waals surface area contributed by atoms with E-state index in [4.69, 9.17) is 28.9 Å². The van der Waals surface area contributed by atoms with Gasteiger partial charge in [0.2, 0.25) is 0 Å². The van der Waals surface area contributed by atoms with Gasteiger partial charge in [-0.25, -0.2) is 0 Å². The molecule has 1 aromatic carbocycles. The van der Waals surface area contributed by atoms with Crippen LogP contribution in [-0.4, -0.2) is 0 Å². The van der Waals surface area contributed by atoms with Gasteiger partial charge in [0.1, 0.15) is 0 Å². The molecule has 2 N–H and O–H groups in total. The molecule has 0 aliphatic heterocycles. The Balaban J connectivity index is 3.25. The Morgan fingerprint density at radius 1 is 1.36 bits per heavy atom. The molecule has 0 saturated carbocycles. The second-order valence-corrected chi connectivity index (χ2v) is 3.75. The Morgan fingerprint density at radius 3 is 2.45 bits per heavy atom. The normalized spacial score (nSPS) is 10.2. The SMILES string of the molecule is NCc1c(Cl)cc(Cl)cc1Br. The zero-order valence-corrected chi connectivity index (χ0v) is 8.67. The molecule has 0 atom stereocenters. The molecule has 0 saturated heterocycles. The van der Waals surface area contributed by atoms with Gasteiger partial charge in [-0.1, -0.05) is 39.1 Å². The van der Waals surface area contributed by atoms with Crippen molar-refractivity contribution in [2.75, 3.05) is 0 Å². The molecular weight excluding hydrogens is 249 g/mol. The van der Waals surface area contributed by atoms with Gasteiger partial charge in [-0.3, -0.25) is 0 Å². The van der Waals surface area contributed by atoms with E-state index in [1.807, 2.05) is 0 Å². The van der Waals surface area contributed by atoms with E-state index in [1.165, 1.54) is 0 Å². The van der Waals surface area contributed by atoms with Gasteiger partial charge in [-0.2, -0.15) is 0 Å². The summed E-state index contributed by atoms with van der Waals surface area (Å²) in [6, 6.07) is 3.45. The summed E-state index contributed by atoms with van der Waals surface area (Å²) in [5.41, 5.74) is 6.33. The third-order valence-corrected chi connectivity index (χ3v) is 2.57. The van der Waals surface area contributed by atoms with E-state index in [2.05, 4.69) is 15.9 Å². The molecule has 0 aromatic heterocycles. The molecule has 11 heavy (non-hydrogen) atoms. The lowest BCUT2D eigenvalue weighted by atomic mass is 10.2. The average molecular weight is 255 g/mol. The number of halogens is 3. The van der Waals surface area contributed by atoms with Gasteiger partial charge in [0.15, 0.2) is 0 Å². The summed E-state index contributed by atoms with van der Waals surface area (Å²) in [4.78, 5) is 0. The van der Waals surface area contributed by atoms with Gasteiger partial charge in [0.25, 0.3) is 0 Å². The van der Waals surface area contributed by atoms with Gasteiger partial charge < -0.3 is 5.73 Å². The first-order chi connectivity index (χ1) is 5.15. The zero-order chi connectivity index (χ0) is 8.43. The lowest BCUT2D eigenvalue weighted by molar-refractivity contribution is 1.06. The first-order valence-corrected chi connectivity index (χ1v) is 4.53. The lowest BCUT2D eigenvalue weighted by Crippen LogP contribution is -1.98. The van der Waals surface area contributed by atoms with Crippen molar-refractivity contribution in [2.45, 2.75) is 6.54 Å². The quantitative estimate of drug-likeness (QED) is 0.819. The Kier molecular flexibility index (Phi) is 3.19. The molecule has 0 aliphatic rings. The second kappa shape index (κ2) is 3.76. The molecule has 1 rings (SSSR count). The maximum absolute atomic E-state index is 5.84. The summed E-state index contributed by atoms with van der Waals surface area (Å²) >= 11 is 14.9. The highest BCUT2D eigenvalue weighted by molar-refractivity contribution is 9.10. The number of benzene rings is 1. The van der Waals surface area contributed by atoms with E-state index >= 15 is 0 Å². The first kappa shape index (κ1) is 9.33. The minimum atomic E-state index is 0.413. The van der Waals surface area contributed by atoms with Crippen LogP contribution >= 0.6 is 39.1 Å². The maximum Gasteiger partial charge on any atom is 0.0476 e. The van der Waals surface area contributed by atoms with Crippen molar-refractivity contribution in [3.63, 3.8) is 0 Å². The van der Waals surface area contributed by atoms with Crippen molar-refractivity contribution in [3.05, 3.63) is 32.2 Å². The lowest BCUT2D eigenvalue weighted by Gasteiger charge is -2.03. The van der Waals surface area contributed by atoms with Crippen LogP contribution in [0.2, 0.25) is 10.0 Å². The van der Waals surface area contributed by atoms with E-state index in [9.17, 15) is 0 Å². The van der Waals surface area contributed by atoms with E-state index < -0.39 is 0 Å². The van der Waals surface area contributed by atoms with Gasteiger partial charge in [0.05, 0.1) is 0 Å². The van der Waals surface area contributed by atoms with Crippen LogP contribution in [0.15, 0.2) is 16.6 Å². The molecule has 0 unspecified atom stereocenters. The molecule has 1 nitrogen and oxygen atoms in total. The van der Waals surface area contributed by atoms with E-state index in [1.54, 1.807) is 12.1 Å². The predicted molar refractivity (Wildman–Crippen MR) is 52.1 cm³/mol. The van der Waals surface area contributed by atoms with E-state index in [-0.39, 0.29) is 0 Å². The van der Waals surface area contributed by atoms with Crippen molar-refractivity contribution in [3.8, 4) is 0 Å². The molecule has 0 amide bonds. The topological polar surface area (TPSA) is 26.0 Å². The van der Waals surface area contributed by atoms with Crippen molar-refractivity contribution in [1.29, 1.82) is 0 Å². The van der Waals surface area contributed by atoms with Crippen LogP contribution in [0.3, 0.4) is 0 Å². The summed E-state index contributed by atoms with van der Waals surface area (Å²) in [7, 11) is 0. The minimum Gasteiger partial charge on any atom is -0.326 e. The molecule has 0 radical (unpaired) electrons. The molecule has 0 spiro atoms. The number of nitrogens with two attached hydrogens (primary N) is 1. The van der Waals surface area contributed by atoms with E-state index in [0.29, 0.717) is 16.6 Å². The fourth-order valence-electron chi connectivity index (χ4n) is 0.767. The molecular formula is C7H6BrCl2N. The highest BCUT2D eigenvalue weighted by Gasteiger charge is 2.04. The first-order valence-electron chi connectivity index (χ1n) is 2.98. The number of hydrogen-bond donors (Lipinski definition) is 1. The third kappa shape index (κ3) is 2.09. The van der Waals surface area contributed by atoms with Crippen LogP contribution in [0, 0.1) is 0 Å². The van der Waals surface area contributed by atoms with Gasteiger partial charge >= 0.3 is 0 Å². The summed E-state index contributed by atoms with van der Waals surface area (Å²) in [6.07, 6.45) is 0. The maximum atomic E-state index is 5.84. The summed E-state index contributed by atoms with van der Waals surface area (Å²) in [5.74, 6) is 0. The monoisotopic (exact) mass is 253 g/mol. The molecule has 60 valence electrons. The van der Waals surface area contributed by atoms with Crippen LogP contribution in [0.5, 0.6) is 0 Å². The fourth-order valence-corrected chi connectivity index (χ4v) is 2.21. The smallest absolute Gasteiger partial charge is 0.0476 e. The molecule has 0 bridgehead atoms. The van der Waals surface area contributed by atoms with E-state index in [0.717, 1.165) is 10.0 Å². The number of hydrogen-bond acceptors (Lipinski definition) is 1. The van der Waals surface area contributed by atoms with Crippen LogP contribution in [0.4, 0.5) is 0 Å². The summed E-state index contributed by atoms with van der Waals surface area (Å²) in [6.45, 7) is 0.413. The van der Waals surface area contributed by atoms with Crippen LogP contribution in [0.25, 0.3) is 0 Å². The zero-order valence-electron chi connectivity index (χ0n) is 5.57. The van der Waals surface area contributed by atoms with Crippen molar-refractivity contribution in [1.82, 2.24) is 0 Å². The van der Waals surface area contributed by atoms with Crippen molar-refractivity contribution < 1.29 is 0 Å². The average Bonchev–Trinajstić information content (AvgIpc) is 1.85. The van der Waals surface area contributed by atoms with Gasteiger partial charge in [-0.15, -0.1) is 0 Å². The highest BCUT2D eigenvalue weighted by atomic mass is 79.9. The van der Waals surface area contributed by atoms with Gasteiger partial charge in [0, 0.05) is 21.1 Å². The van der Waals surface area contributed by atoms with Crippen molar-refractivity contribution in [2.24, 2.45) is 5.73 Å². The molecule has 4 heteroatoms. The standard InChI is InChI=1S/C7H6BrCl2N/c8-6-1-4(9)2-7(10)5(6)3-11/h1-2H,3,11H2. The predicted octanol–water partition coefficient (Wildman–Crippen LogP) is 3.21. The Morgan fingerprint density at radius 2 is 2.00 bits per heavy atom. The van der Waals surface area contributed by atoms with Crippen LogP contribution < -0.4 is 5.73 Å². The highest BCUT2D eigenvalue weighted by Crippen LogP contribution is 2.28. The second-order valence-electron chi connectivity index (χ2n) is 2.05. The molecule has 1 aromatic rings. The molecule has 0 heterocycles. The summed E-state index contributed by atoms with van der Waals surface area (Å²) in [5, 5.41) is 1.21. The van der Waals surface area contributed by atoms with Crippen LogP contribution in [0.1, 0.15) is 5.56 Å². The molecule has 0 aliphatic carbocycles. The number of rotatable bonds is 1. The molecule has 0 fully saturated rings. The Bertz CT molecular complexity index is 252. The Labute approximate surface area is 83.6 Å². The van der Waals surface area contributed by atoms with Crippen molar-refractivity contribution >= 4 is 39.1 Å². The van der Waals surface area contributed by atoms with Crippen LogP contribution in [-0.2, 0) is 6.54 Å². The third-order valence-electron chi connectivity index (χ3n) is 1.31. The summed E-state index contributed by atoms with van der Waals surface area (Å²) < 4.78 is 0.859. The largest absolute Gasteiger partial charge is 0.326 e. The minimum absolute atomic E-state index is 0.413.